The minimum absolute atomic E-state index is 0.278. The zero-order chi connectivity index (χ0) is 15.0. The predicted octanol–water partition coefficient (Wildman–Crippen LogP) is 2.01. The number of anilines is 1. The van der Waals surface area contributed by atoms with Crippen LogP contribution in [0.3, 0.4) is 0 Å². The third kappa shape index (κ3) is 2.33. The Morgan fingerprint density at radius 1 is 1.43 bits per heavy atom. The van der Waals surface area contributed by atoms with Crippen LogP contribution in [0.15, 0.2) is 12.3 Å². The number of ether oxygens (including phenoxy) is 1. The summed E-state index contributed by atoms with van der Waals surface area (Å²) in [5.41, 5.74) is 1.97. The van der Waals surface area contributed by atoms with Crippen LogP contribution in [0.1, 0.15) is 37.7 Å². The molecule has 0 atom stereocenters. The van der Waals surface area contributed by atoms with Gasteiger partial charge in [-0.1, -0.05) is 0 Å². The fourth-order valence-corrected chi connectivity index (χ4v) is 3.85. The molecule has 2 aromatic heterocycles. The van der Waals surface area contributed by atoms with Gasteiger partial charge in [0, 0.05) is 18.1 Å². The summed E-state index contributed by atoms with van der Waals surface area (Å²) in [6, 6.07) is 1.63. The van der Waals surface area contributed by atoms with E-state index in [1.54, 1.807) is 19.3 Å². The molecule has 110 valence electrons. The smallest absolute Gasteiger partial charge is 0.341 e. The molecule has 0 radical (unpaired) electrons. The highest BCUT2D eigenvalue weighted by atomic mass is 32.1. The molecule has 1 amide bonds. The molecule has 0 saturated carbocycles. The van der Waals surface area contributed by atoms with Gasteiger partial charge in [0.15, 0.2) is 0 Å². The van der Waals surface area contributed by atoms with E-state index in [9.17, 15) is 9.59 Å². The molecule has 0 spiro atoms. The topological polar surface area (TPSA) is 73.2 Å². The zero-order valence-corrected chi connectivity index (χ0v) is 12.6. The van der Waals surface area contributed by atoms with Gasteiger partial charge in [-0.15, -0.1) is 11.3 Å². The number of nitrogens with zero attached hydrogens (tertiary/aromatic N) is 2. The number of fused-ring (bicyclic) bond motifs is 1. The first-order chi connectivity index (χ1) is 10.1. The number of methoxy groups -OCH3 is 1. The molecule has 0 saturated heterocycles. The van der Waals surface area contributed by atoms with Crippen LogP contribution in [0.2, 0.25) is 0 Å². The third-order valence-corrected chi connectivity index (χ3v) is 4.80. The van der Waals surface area contributed by atoms with Crippen molar-refractivity contribution in [1.82, 2.24) is 9.78 Å². The fourth-order valence-electron chi connectivity index (χ4n) is 2.57. The van der Waals surface area contributed by atoms with E-state index in [0.29, 0.717) is 16.3 Å². The Labute approximate surface area is 125 Å². The molecular weight excluding hydrogens is 290 g/mol. The summed E-state index contributed by atoms with van der Waals surface area (Å²) in [5, 5.41) is 7.35. The Bertz CT molecular complexity index is 717. The van der Waals surface area contributed by atoms with Crippen LogP contribution in [0.4, 0.5) is 5.00 Å². The van der Waals surface area contributed by atoms with E-state index in [4.69, 9.17) is 4.74 Å². The average Bonchev–Trinajstić information content (AvgIpc) is 3.13. The quantitative estimate of drug-likeness (QED) is 0.880. The second-order valence-electron chi connectivity index (χ2n) is 4.85. The Morgan fingerprint density at radius 2 is 2.24 bits per heavy atom. The van der Waals surface area contributed by atoms with Gasteiger partial charge < -0.3 is 10.1 Å². The maximum atomic E-state index is 12.3. The van der Waals surface area contributed by atoms with Crippen molar-refractivity contribution in [3.05, 3.63) is 34.0 Å². The summed E-state index contributed by atoms with van der Waals surface area (Å²) in [6.45, 7) is 0. The minimum Gasteiger partial charge on any atom is -0.465 e. The molecule has 2 aromatic rings. The van der Waals surface area contributed by atoms with E-state index < -0.39 is 5.97 Å². The number of aromatic nitrogens is 2. The van der Waals surface area contributed by atoms with Crippen LogP contribution in [-0.4, -0.2) is 28.8 Å². The molecule has 1 N–H and O–H groups in total. The van der Waals surface area contributed by atoms with Gasteiger partial charge in [0.25, 0.3) is 5.91 Å². The Balaban J connectivity index is 1.94. The summed E-state index contributed by atoms with van der Waals surface area (Å²) >= 11 is 1.46. The first-order valence-corrected chi connectivity index (χ1v) is 7.45. The van der Waals surface area contributed by atoms with Gasteiger partial charge in [0.1, 0.15) is 10.7 Å². The van der Waals surface area contributed by atoms with Gasteiger partial charge in [-0.3, -0.25) is 9.48 Å². The van der Waals surface area contributed by atoms with Crippen molar-refractivity contribution < 1.29 is 14.3 Å². The highest BCUT2D eigenvalue weighted by molar-refractivity contribution is 7.17. The highest BCUT2D eigenvalue weighted by Crippen LogP contribution is 2.39. The van der Waals surface area contributed by atoms with E-state index in [0.717, 1.165) is 29.7 Å². The van der Waals surface area contributed by atoms with Crippen molar-refractivity contribution in [3.63, 3.8) is 0 Å². The van der Waals surface area contributed by atoms with Gasteiger partial charge in [0.2, 0.25) is 0 Å². The van der Waals surface area contributed by atoms with E-state index in [2.05, 4.69) is 10.4 Å². The molecule has 3 rings (SSSR count). The van der Waals surface area contributed by atoms with E-state index in [1.807, 2.05) is 0 Å². The number of esters is 1. The molecule has 6 nitrogen and oxygen atoms in total. The minimum atomic E-state index is -0.394. The standard InChI is InChI=1S/C14H15N3O3S/c1-17-9(6-7-15-17)12(18)16-13-11(14(19)20-2)8-4-3-5-10(8)21-13/h6-7H,3-5H2,1-2H3,(H,16,18). The number of nitrogens with one attached hydrogen (secondary N) is 1. The Hall–Kier alpha value is -2.15. The van der Waals surface area contributed by atoms with Crippen molar-refractivity contribution in [2.75, 3.05) is 12.4 Å². The largest absolute Gasteiger partial charge is 0.465 e. The second kappa shape index (κ2) is 5.33. The average molecular weight is 305 g/mol. The lowest BCUT2D eigenvalue weighted by Crippen LogP contribution is -2.17. The number of hydrogen-bond donors (Lipinski definition) is 1. The maximum absolute atomic E-state index is 12.3. The van der Waals surface area contributed by atoms with Crippen LogP contribution < -0.4 is 5.32 Å². The Morgan fingerprint density at radius 3 is 2.90 bits per heavy atom. The lowest BCUT2D eigenvalue weighted by molar-refractivity contribution is 0.0601. The summed E-state index contributed by atoms with van der Waals surface area (Å²) < 4.78 is 6.35. The second-order valence-corrected chi connectivity index (χ2v) is 5.95. The molecule has 7 heteroatoms. The first kappa shape index (κ1) is 13.8. The molecule has 0 bridgehead atoms. The summed E-state index contributed by atoms with van der Waals surface area (Å²) in [6.07, 6.45) is 4.41. The number of carbonyl (C=O) groups excluding carboxylic acids is 2. The molecule has 0 unspecified atom stereocenters. The third-order valence-electron chi connectivity index (χ3n) is 3.59. The SMILES string of the molecule is COC(=O)c1c(NC(=O)c2ccnn2C)sc2c1CCC2. The highest BCUT2D eigenvalue weighted by Gasteiger charge is 2.28. The van der Waals surface area contributed by atoms with Gasteiger partial charge in [0.05, 0.1) is 12.7 Å². The van der Waals surface area contributed by atoms with Gasteiger partial charge in [-0.05, 0) is 30.9 Å². The molecule has 1 aliphatic rings. The van der Waals surface area contributed by atoms with Crippen molar-refractivity contribution in [3.8, 4) is 0 Å². The van der Waals surface area contributed by atoms with Crippen LogP contribution in [0, 0.1) is 0 Å². The van der Waals surface area contributed by atoms with E-state index in [1.165, 1.54) is 23.1 Å². The van der Waals surface area contributed by atoms with Crippen LogP contribution in [0.5, 0.6) is 0 Å². The lowest BCUT2D eigenvalue weighted by Gasteiger charge is -2.07. The number of amides is 1. The van der Waals surface area contributed by atoms with Gasteiger partial charge in [-0.25, -0.2) is 4.79 Å². The van der Waals surface area contributed by atoms with Gasteiger partial charge in [-0.2, -0.15) is 5.10 Å². The van der Waals surface area contributed by atoms with Crippen LogP contribution >= 0.6 is 11.3 Å². The first-order valence-electron chi connectivity index (χ1n) is 6.64. The van der Waals surface area contributed by atoms with E-state index in [-0.39, 0.29) is 5.91 Å². The molecule has 0 aromatic carbocycles. The number of carbonyl (C=O) groups is 2. The van der Waals surface area contributed by atoms with Gasteiger partial charge >= 0.3 is 5.97 Å². The van der Waals surface area contributed by atoms with Crippen molar-refractivity contribution in [2.45, 2.75) is 19.3 Å². The normalized spacial score (nSPS) is 13.0. The van der Waals surface area contributed by atoms with Crippen molar-refractivity contribution in [2.24, 2.45) is 7.05 Å². The zero-order valence-electron chi connectivity index (χ0n) is 11.8. The molecule has 2 heterocycles. The maximum Gasteiger partial charge on any atom is 0.341 e. The molecule has 0 aliphatic heterocycles. The van der Waals surface area contributed by atoms with Crippen LogP contribution in [-0.2, 0) is 24.6 Å². The summed E-state index contributed by atoms with van der Waals surface area (Å²) in [5.74, 6) is -0.671. The molecular formula is C14H15N3O3S. The number of hydrogen-bond acceptors (Lipinski definition) is 5. The van der Waals surface area contributed by atoms with Crippen molar-refractivity contribution >= 4 is 28.2 Å². The summed E-state index contributed by atoms with van der Waals surface area (Å²) in [4.78, 5) is 25.4. The van der Waals surface area contributed by atoms with E-state index >= 15 is 0 Å². The monoisotopic (exact) mass is 305 g/mol. The Kier molecular flexibility index (Phi) is 3.50. The number of aryl methyl sites for hydroxylation is 2. The lowest BCUT2D eigenvalue weighted by atomic mass is 10.1. The van der Waals surface area contributed by atoms with Crippen molar-refractivity contribution in [1.29, 1.82) is 0 Å². The van der Waals surface area contributed by atoms with Crippen LogP contribution in [0.25, 0.3) is 0 Å². The number of rotatable bonds is 3. The predicted molar refractivity (Wildman–Crippen MR) is 78.8 cm³/mol. The molecule has 0 fully saturated rings. The molecule has 21 heavy (non-hydrogen) atoms. The fraction of sp³-hybridized carbons (Fsp3) is 0.357. The molecule has 1 aliphatic carbocycles. The number of thiophene rings is 1. The summed E-state index contributed by atoms with van der Waals surface area (Å²) in [7, 11) is 3.05.